The van der Waals surface area contributed by atoms with Crippen LogP contribution in [-0.4, -0.2) is 101 Å². The van der Waals surface area contributed by atoms with E-state index in [1.165, 1.54) is 25.2 Å². The number of aliphatic hydroxyl groups is 1. The molecule has 4 aromatic rings. The number of aliphatic hydroxyl groups excluding tert-OH is 1. The minimum absolute atomic E-state index is 0.0118. The molecule has 3 N–H and O–H groups in total. The zero-order valence-electron chi connectivity index (χ0n) is 31.0. The summed E-state index contributed by atoms with van der Waals surface area (Å²) < 4.78 is 31.5. The quantitative estimate of drug-likeness (QED) is 0.148. The molecule has 0 bridgehead atoms. The summed E-state index contributed by atoms with van der Waals surface area (Å²) in [7, 11) is 2.69. The van der Waals surface area contributed by atoms with E-state index in [1.54, 1.807) is 37.1 Å². The first-order chi connectivity index (χ1) is 25.1. The van der Waals surface area contributed by atoms with Crippen molar-refractivity contribution in [3.8, 4) is 5.75 Å². The number of carbonyl (C=O) groups excluding carboxylic acids is 3. The molecular formula is C40H49N5O7S. The smallest absolute Gasteiger partial charge is 0.251 e. The molecule has 0 saturated heterocycles. The Morgan fingerprint density at radius 2 is 1.38 bits per heavy atom. The van der Waals surface area contributed by atoms with Crippen LogP contribution in [0.25, 0.3) is 0 Å². The maximum atomic E-state index is 14.1. The Kier molecular flexibility index (Phi) is 14.1. The number of hydrogen-bond donors (Lipinski definition) is 3. The van der Waals surface area contributed by atoms with E-state index in [1.807, 2.05) is 85.8 Å². The van der Waals surface area contributed by atoms with Gasteiger partial charge >= 0.3 is 0 Å². The second-order valence-corrected chi connectivity index (χ2v) is 15.3. The topological polar surface area (TPSA) is 149 Å². The summed E-state index contributed by atoms with van der Waals surface area (Å²) in [5.41, 5.74) is 2.69. The van der Waals surface area contributed by atoms with E-state index in [4.69, 9.17) is 4.74 Å². The number of anilines is 1. The van der Waals surface area contributed by atoms with E-state index in [9.17, 15) is 27.9 Å². The third-order valence-electron chi connectivity index (χ3n) is 8.75. The fraction of sp³-hybridized carbons (Fsp3) is 0.325. The fourth-order valence-electron chi connectivity index (χ4n) is 5.72. The van der Waals surface area contributed by atoms with Crippen molar-refractivity contribution in [1.29, 1.82) is 0 Å². The zero-order chi connectivity index (χ0) is 38.7. The summed E-state index contributed by atoms with van der Waals surface area (Å²) in [4.78, 5) is 44.4. The lowest BCUT2D eigenvalue weighted by molar-refractivity contribution is -0.134. The van der Waals surface area contributed by atoms with Gasteiger partial charge in [-0.25, -0.2) is 8.42 Å². The van der Waals surface area contributed by atoms with Gasteiger partial charge in [-0.05, 0) is 74.5 Å². The largest absolute Gasteiger partial charge is 0.497 e. The van der Waals surface area contributed by atoms with Crippen LogP contribution in [0.3, 0.4) is 0 Å². The van der Waals surface area contributed by atoms with Gasteiger partial charge in [-0.15, -0.1) is 0 Å². The maximum Gasteiger partial charge on any atom is 0.251 e. The van der Waals surface area contributed by atoms with E-state index in [0.29, 0.717) is 5.75 Å². The van der Waals surface area contributed by atoms with Crippen LogP contribution in [-0.2, 0) is 27.8 Å². The van der Waals surface area contributed by atoms with E-state index < -0.39 is 34.0 Å². The molecule has 3 unspecified atom stereocenters. The number of amides is 3. The minimum Gasteiger partial charge on any atom is -0.497 e. The van der Waals surface area contributed by atoms with Crippen LogP contribution >= 0.6 is 0 Å². The first-order valence-electron chi connectivity index (χ1n) is 17.2. The summed E-state index contributed by atoms with van der Waals surface area (Å²) in [6.45, 7) is 2.00. The lowest BCUT2D eigenvalue weighted by Gasteiger charge is -2.31. The molecule has 0 aliphatic heterocycles. The predicted molar refractivity (Wildman–Crippen MR) is 206 cm³/mol. The second-order valence-electron chi connectivity index (χ2n) is 13.3. The highest BCUT2D eigenvalue weighted by Crippen LogP contribution is 2.23. The molecule has 0 saturated carbocycles. The predicted octanol–water partition coefficient (Wildman–Crippen LogP) is 3.87. The van der Waals surface area contributed by atoms with Crippen molar-refractivity contribution in [1.82, 2.24) is 20.4 Å². The Labute approximate surface area is 312 Å². The Morgan fingerprint density at radius 3 is 1.96 bits per heavy atom. The number of methoxy groups -OCH3 is 1. The Bertz CT molecular complexity index is 1960. The first-order valence-corrected chi connectivity index (χ1v) is 19.0. The van der Waals surface area contributed by atoms with Crippen molar-refractivity contribution in [3.63, 3.8) is 0 Å². The van der Waals surface area contributed by atoms with Crippen LogP contribution < -0.4 is 19.7 Å². The molecule has 0 fully saturated rings. The van der Waals surface area contributed by atoms with Crippen molar-refractivity contribution in [2.24, 2.45) is 0 Å². The second kappa shape index (κ2) is 18.5. The number of rotatable bonds is 17. The molecule has 12 nitrogen and oxygen atoms in total. The first kappa shape index (κ1) is 40.5. The zero-order valence-corrected chi connectivity index (χ0v) is 31.8. The molecule has 0 heterocycles. The van der Waals surface area contributed by atoms with Crippen LogP contribution in [0.15, 0.2) is 103 Å². The Balaban J connectivity index is 1.67. The normalized spacial score (nSPS) is 13.1. The van der Waals surface area contributed by atoms with Gasteiger partial charge in [-0.1, -0.05) is 72.8 Å². The van der Waals surface area contributed by atoms with Crippen LogP contribution in [0.2, 0.25) is 0 Å². The van der Waals surface area contributed by atoms with Crippen LogP contribution in [0, 0.1) is 0 Å². The number of likely N-dealkylation sites (N-methyl/N-ethyl adjacent to an activating group) is 1. The number of carbonyl (C=O) groups is 3. The van der Waals surface area contributed by atoms with Gasteiger partial charge in [0.15, 0.2) is 0 Å². The molecular weight excluding hydrogens is 695 g/mol. The van der Waals surface area contributed by atoms with E-state index >= 15 is 0 Å². The van der Waals surface area contributed by atoms with E-state index in [2.05, 4.69) is 10.6 Å². The van der Waals surface area contributed by atoms with Crippen LogP contribution in [0.1, 0.15) is 50.4 Å². The average molecular weight is 744 g/mol. The molecule has 282 valence electrons. The highest BCUT2D eigenvalue weighted by Gasteiger charge is 2.28. The SMILES string of the molecule is COc1cccc(CN(CC(O)C(Cc2ccccc2)NC(=O)c2cc(C(=O)NC(C)c3ccccc3)cc(N(C)S(C)(=O)=O)c2)C(=O)CN(C)C)c1. The maximum absolute atomic E-state index is 14.1. The lowest BCUT2D eigenvalue weighted by Crippen LogP contribution is -2.51. The standard InChI is InChI=1S/C40H49N5O7S/c1-28(31-17-11-8-12-18-31)41-39(48)32-22-33(24-34(23-32)44(4)53(6,50)51)40(49)42-36(21-29-14-9-7-10-15-29)37(46)26-45(38(47)27-43(2)3)25-30-16-13-19-35(20-30)52-5/h7-20,22-24,28,36-37,46H,21,25-27H2,1-6H3,(H,41,48)(H,42,49). The molecule has 4 rings (SSSR count). The molecule has 0 aromatic heterocycles. The highest BCUT2D eigenvalue weighted by molar-refractivity contribution is 7.92. The summed E-state index contributed by atoms with van der Waals surface area (Å²) in [6.07, 6.45) is 0.0122. The van der Waals surface area contributed by atoms with Crippen molar-refractivity contribution >= 4 is 33.4 Å². The number of nitrogens with one attached hydrogen (secondary N) is 2. The van der Waals surface area contributed by atoms with Crippen molar-refractivity contribution in [2.75, 3.05) is 51.9 Å². The fourth-order valence-corrected chi connectivity index (χ4v) is 6.21. The number of benzene rings is 4. The van der Waals surface area contributed by atoms with Gasteiger partial charge in [0.05, 0.1) is 43.8 Å². The molecule has 0 aliphatic carbocycles. The van der Waals surface area contributed by atoms with Crippen molar-refractivity contribution in [3.05, 3.63) is 131 Å². The van der Waals surface area contributed by atoms with Gasteiger partial charge in [0.2, 0.25) is 15.9 Å². The van der Waals surface area contributed by atoms with Gasteiger partial charge in [0.1, 0.15) is 5.75 Å². The number of sulfonamides is 1. The Hall–Kier alpha value is -5.24. The minimum atomic E-state index is -3.76. The molecule has 13 heteroatoms. The van der Waals surface area contributed by atoms with Gasteiger partial charge in [0.25, 0.3) is 11.8 Å². The van der Waals surface area contributed by atoms with Crippen LogP contribution in [0.4, 0.5) is 5.69 Å². The van der Waals surface area contributed by atoms with Gasteiger partial charge < -0.3 is 30.3 Å². The third kappa shape index (κ3) is 11.9. The summed E-state index contributed by atoms with van der Waals surface area (Å²) in [6, 6.07) is 28.9. The number of ether oxygens (including phenoxy) is 1. The average Bonchev–Trinajstić information content (AvgIpc) is 3.13. The molecule has 3 atom stereocenters. The van der Waals surface area contributed by atoms with E-state index in [0.717, 1.165) is 27.3 Å². The Morgan fingerprint density at radius 1 is 0.792 bits per heavy atom. The van der Waals surface area contributed by atoms with Gasteiger partial charge in [0, 0.05) is 31.3 Å². The van der Waals surface area contributed by atoms with Gasteiger partial charge in [-0.3, -0.25) is 18.7 Å². The summed E-state index contributed by atoms with van der Waals surface area (Å²) >= 11 is 0. The lowest BCUT2D eigenvalue weighted by atomic mass is 9.99. The van der Waals surface area contributed by atoms with Crippen LogP contribution in [0.5, 0.6) is 5.75 Å². The molecule has 53 heavy (non-hydrogen) atoms. The van der Waals surface area contributed by atoms with Crippen molar-refractivity contribution in [2.45, 2.75) is 38.1 Å². The van der Waals surface area contributed by atoms with Gasteiger partial charge in [-0.2, -0.15) is 0 Å². The molecule has 3 amide bonds. The summed E-state index contributed by atoms with van der Waals surface area (Å²) in [5.74, 6) is -0.743. The monoisotopic (exact) mass is 743 g/mol. The highest BCUT2D eigenvalue weighted by atomic mass is 32.2. The molecule has 4 aromatic carbocycles. The van der Waals surface area contributed by atoms with E-state index in [-0.39, 0.29) is 54.8 Å². The summed E-state index contributed by atoms with van der Waals surface area (Å²) in [5, 5.41) is 17.6. The molecule has 0 radical (unpaired) electrons. The number of nitrogens with zero attached hydrogens (tertiary/aromatic N) is 3. The molecule has 0 spiro atoms. The molecule has 0 aliphatic rings. The van der Waals surface area contributed by atoms with Crippen molar-refractivity contribution < 1.29 is 32.6 Å². The number of hydrogen-bond acceptors (Lipinski definition) is 8. The third-order valence-corrected chi connectivity index (χ3v) is 9.95.